The van der Waals surface area contributed by atoms with Gasteiger partial charge in [0.05, 0.1) is 37.7 Å². The van der Waals surface area contributed by atoms with Crippen LogP contribution in [0.25, 0.3) is 5.69 Å². The third kappa shape index (κ3) is 3.91. The zero-order valence-corrected chi connectivity index (χ0v) is 19.2. The van der Waals surface area contributed by atoms with Gasteiger partial charge in [-0.2, -0.15) is 0 Å². The van der Waals surface area contributed by atoms with Crippen molar-refractivity contribution in [3.8, 4) is 17.2 Å². The van der Waals surface area contributed by atoms with E-state index in [1.165, 1.54) is 0 Å². The zero-order chi connectivity index (χ0) is 22.8. The van der Waals surface area contributed by atoms with Crippen molar-refractivity contribution in [3.05, 3.63) is 103 Å². The number of methoxy groups -OCH3 is 2. The summed E-state index contributed by atoms with van der Waals surface area (Å²) in [6.45, 7) is 0. The fourth-order valence-electron chi connectivity index (χ4n) is 4.29. The lowest BCUT2D eigenvalue weighted by atomic mass is 9.98. The van der Waals surface area contributed by atoms with Crippen LogP contribution in [0.15, 0.2) is 91.4 Å². The predicted molar refractivity (Wildman–Crippen MR) is 133 cm³/mol. The van der Waals surface area contributed by atoms with Crippen molar-refractivity contribution >= 4 is 23.0 Å². The highest BCUT2D eigenvalue weighted by molar-refractivity contribution is 7.80. The first kappa shape index (κ1) is 21.0. The maximum absolute atomic E-state index is 5.84. The second-order valence-corrected chi connectivity index (χ2v) is 8.11. The maximum atomic E-state index is 5.84. The van der Waals surface area contributed by atoms with Crippen LogP contribution in [0.3, 0.4) is 0 Å². The van der Waals surface area contributed by atoms with E-state index >= 15 is 0 Å². The Labute approximate surface area is 198 Å². The predicted octanol–water partition coefficient (Wildman–Crippen LogP) is 5.07. The van der Waals surface area contributed by atoms with Crippen molar-refractivity contribution in [1.82, 2.24) is 14.9 Å². The molecule has 1 saturated heterocycles. The molecule has 2 aromatic heterocycles. The van der Waals surface area contributed by atoms with Crippen molar-refractivity contribution in [1.29, 1.82) is 0 Å². The van der Waals surface area contributed by atoms with E-state index in [-0.39, 0.29) is 12.1 Å². The lowest BCUT2D eigenvalue weighted by Gasteiger charge is -2.28. The van der Waals surface area contributed by atoms with Crippen molar-refractivity contribution in [2.24, 2.45) is 0 Å². The number of nitrogens with one attached hydrogen (secondary N) is 1. The molecule has 1 aliphatic heterocycles. The number of hydrogen-bond donors (Lipinski definition) is 1. The Bertz CT molecular complexity index is 1260. The summed E-state index contributed by atoms with van der Waals surface area (Å²) in [5, 5.41) is 4.11. The van der Waals surface area contributed by atoms with Crippen LogP contribution in [0.2, 0.25) is 0 Å². The molecule has 4 aromatic rings. The van der Waals surface area contributed by atoms with Gasteiger partial charge in [0, 0.05) is 30.3 Å². The van der Waals surface area contributed by atoms with Crippen LogP contribution in [-0.4, -0.2) is 28.9 Å². The van der Waals surface area contributed by atoms with Gasteiger partial charge in [-0.1, -0.05) is 24.3 Å². The van der Waals surface area contributed by atoms with Crippen LogP contribution in [0.1, 0.15) is 23.3 Å². The average molecular weight is 457 g/mol. The number of pyridine rings is 1. The number of para-hydroxylation sites is 1. The lowest BCUT2D eigenvalue weighted by molar-refractivity contribution is 0.394. The molecule has 1 N–H and O–H groups in total. The molecule has 2 atom stereocenters. The summed E-state index contributed by atoms with van der Waals surface area (Å²) < 4.78 is 13.2. The number of aromatic nitrogens is 2. The summed E-state index contributed by atoms with van der Waals surface area (Å²) in [7, 11) is 3.30. The largest absolute Gasteiger partial charge is 0.497 e. The summed E-state index contributed by atoms with van der Waals surface area (Å²) in [5.74, 6) is 1.41. The molecule has 166 valence electrons. The SMILES string of the molecule is COc1ccc(N2C(=S)N[C@H](c3ccccn3)[C@H]2c2ccn(-c3ccccc3)c2)c(OC)c1. The fourth-order valence-corrected chi connectivity index (χ4v) is 4.62. The van der Waals surface area contributed by atoms with E-state index in [0.717, 1.165) is 28.4 Å². The summed E-state index contributed by atoms with van der Waals surface area (Å²) in [4.78, 5) is 6.74. The normalized spacial score (nSPS) is 17.6. The molecule has 0 bridgehead atoms. The lowest BCUT2D eigenvalue weighted by Crippen LogP contribution is -2.29. The van der Waals surface area contributed by atoms with Gasteiger partial charge in [-0.3, -0.25) is 4.98 Å². The number of thiocarbonyl (C=S) groups is 1. The first-order chi connectivity index (χ1) is 16.2. The van der Waals surface area contributed by atoms with E-state index in [1.807, 2.05) is 60.8 Å². The van der Waals surface area contributed by atoms with Crippen LogP contribution in [0.5, 0.6) is 11.5 Å². The molecule has 0 spiro atoms. The summed E-state index contributed by atoms with van der Waals surface area (Å²) in [5.41, 5.74) is 4.00. The molecule has 0 aliphatic carbocycles. The Morgan fingerprint density at radius 1 is 0.939 bits per heavy atom. The molecule has 6 nitrogen and oxygen atoms in total. The molecule has 0 saturated carbocycles. The van der Waals surface area contributed by atoms with Gasteiger partial charge in [-0.15, -0.1) is 0 Å². The first-order valence-electron chi connectivity index (χ1n) is 10.7. The number of anilines is 1. The van der Waals surface area contributed by atoms with Crippen LogP contribution in [-0.2, 0) is 0 Å². The van der Waals surface area contributed by atoms with Crippen LogP contribution < -0.4 is 19.7 Å². The number of benzene rings is 2. The van der Waals surface area contributed by atoms with Gasteiger partial charge in [0.1, 0.15) is 11.5 Å². The smallest absolute Gasteiger partial charge is 0.174 e. The molecule has 1 fully saturated rings. The van der Waals surface area contributed by atoms with Gasteiger partial charge in [-0.25, -0.2) is 0 Å². The van der Waals surface area contributed by atoms with E-state index < -0.39 is 0 Å². The molecule has 0 radical (unpaired) electrons. The number of nitrogens with zero attached hydrogens (tertiary/aromatic N) is 3. The minimum atomic E-state index is -0.128. The minimum absolute atomic E-state index is 0.125. The van der Waals surface area contributed by atoms with Crippen molar-refractivity contribution in [3.63, 3.8) is 0 Å². The Kier molecular flexibility index (Phi) is 5.71. The van der Waals surface area contributed by atoms with E-state index in [9.17, 15) is 0 Å². The topological polar surface area (TPSA) is 51.5 Å². The van der Waals surface area contributed by atoms with Crippen molar-refractivity contribution in [2.45, 2.75) is 12.1 Å². The Morgan fingerprint density at radius 2 is 1.76 bits per heavy atom. The summed E-state index contributed by atoms with van der Waals surface area (Å²) >= 11 is 5.84. The Morgan fingerprint density at radius 3 is 2.48 bits per heavy atom. The highest BCUT2D eigenvalue weighted by Crippen LogP contribution is 2.45. The molecule has 3 heterocycles. The second kappa shape index (κ2) is 8.96. The third-order valence-electron chi connectivity index (χ3n) is 5.86. The van der Waals surface area contributed by atoms with E-state index in [4.69, 9.17) is 21.7 Å². The fraction of sp³-hybridized carbons (Fsp3) is 0.154. The van der Waals surface area contributed by atoms with Gasteiger partial charge < -0.3 is 24.3 Å². The first-order valence-corrected chi connectivity index (χ1v) is 11.1. The quantitative estimate of drug-likeness (QED) is 0.409. The molecule has 5 rings (SSSR count). The molecule has 33 heavy (non-hydrogen) atoms. The number of ether oxygens (including phenoxy) is 2. The highest BCUT2D eigenvalue weighted by Gasteiger charge is 2.42. The molecule has 7 heteroatoms. The average Bonchev–Trinajstić information content (AvgIpc) is 3.49. The standard InChI is InChI=1S/C26H24N4O2S/c1-31-20-11-12-22(23(16-20)32-2)30-25(24(28-26(30)33)21-10-6-7-14-27-21)18-13-15-29(17-18)19-8-4-3-5-9-19/h3-17,24-25H,1-2H3,(H,28,33)/t24-,25-/m1/s1. The molecular formula is C26H24N4O2S. The second-order valence-electron chi connectivity index (χ2n) is 7.72. The van der Waals surface area contributed by atoms with Crippen LogP contribution in [0.4, 0.5) is 5.69 Å². The van der Waals surface area contributed by atoms with Gasteiger partial charge in [0.2, 0.25) is 0 Å². The highest BCUT2D eigenvalue weighted by atomic mass is 32.1. The van der Waals surface area contributed by atoms with E-state index in [1.54, 1.807) is 14.2 Å². The number of hydrogen-bond acceptors (Lipinski definition) is 4. The Hall–Kier alpha value is -3.84. The monoisotopic (exact) mass is 456 g/mol. The molecule has 1 aliphatic rings. The number of rotatable bonds is 6. The van der Waals surface area contributed by atoms with Gasteiger partial charge in [0.25, 0.3) is 0 Å². The Balaban J connectivity index is 1.63. The molecular weight excluding hydrogens is 432 g/mol. The summed E-state index contributed by atoms with van der Waals surface area (Å²) in [6, 6.07) is 23.8. The van der Waals surface area contributed by atoms with Gasteiger partial charge in [0.15, 0.2) is 5.11 Å². The molecule has 0 unspecified atom stereocenters. The maximum Gasteiger partial charge on any atom is 0.174 e. The molecule has 2 aromatic carbocycles. The summed E-state index contributed by atoms with van der Waals surface area (Å²) in [6.07, 6.45) is 6.03. The van der Waals surface area contributed by atoms with Crippen LogP contribution >= 0.6 is 12.2 Å². The van der Waals surface area contributed by atoms with E-state index in [2.05, 4.69) is 50.4 Å². The van der Waals surface area contributed by atoms with Crippen molar-refractivity contribution in [2.75, 3.05) is 19.1 Å². The third-order valence-corrected chi connectivity index (χ3v) is 6.17. The minimum Gasteiger partial charge on any atom is -0.497 e. The van der Waals surface area contributed by atoms with Crippen molar-refractivity contribution < 1.29 is 9.47 Å². The van der Waals surface area contributed by atoms with Gasteiger partial charge >= 0.3 is 0 Å². The van der Waals surface area contributed by atoms with Crippen LogP contribution in [0, 0.1) is 0 Å². The van der Waals surface area contributed by atoms with Gasteiger partial charge in [-0.05, 0) is 60.2 Å². The zero-order valence-electron chi connectivity index (χ0n) is 18.4. The van der Waals surface area contributed by atoms with E-state index in [0.29, 0.717) is 10.9 Å². The molecule has 0 amide bonds.